The number of hydrazine groups is 1. The molecule has 7 heteroatoms. The zero-order valence-electron chi connectivity index (χ0n) is 11.6. The van der Waals surface area contributed by atoms with E-state index in [-0.39, 0.29) is 0 Å². The second-order valence-electron chi connectivity index (χ2n) is 4.45. The first-order valence-electron chi connectivity index (χ1n) is 6.45. The SMILES string of the molecule is O=C(/C=C/c1ccc(Cl)cc1Cl)NNC(=O)c1ccc(Cl)cc1. The highest BCUT2D eigenvalue weighted by Crippen LogP contribution is 2.21. The van der Waals surface area contributed by atoms with E-state index < -0.39 is 11.8 Å². The number of carbonyl (C=O) groups excluding carboxylic acids is 2. The smallest absolute Gasteiger partial charge is 0.268 e. The second kappa shape index (κ2) is 8.02. The fourth-order valence-electron chi connectivity index (χ4n) is 1.64. The average Bonchev–Trinajstić information content (AvgIpc) is 2.52. The Morgan fingerprint density at radius 2 is 1.52 bits per heavy atom. The second-order valence-corrected chi connectivity index (χ2v) is 5.73. The summed E-state index contributed by atoms with van der Waals surface area (Å²) in [5, 5.41) is 1.45. The van der Waals surface area contributed by atoms with Crippen molar-refractivity contribution in [2.24, 2.45) is 0 Å². The summed E-state index contributed by atoms with van der Waals surface area (Å²) in [6.45, 7) is 0. The van der Waals surface area contributed by atoms with Crippen molar-refractivity contribution in [3.63, 3.8) is 0 Å². The van der Waals surface area contributed by atoms with Crippen LogP contribution in [-0.4, -0.2) is 11.8 Å². The fourth-order valence-corrected chi connectivity index (χ4v) is 2.23. The molecule has 0 spiro atoms. The molecule has 0 unspecified atom stereocenters. The molecule has 0 aliphatic rings. The molecule has 0 saturated carbocycles. The molecule has 0 saturated heterocycles. The summed E-state index contributed by atoms with van der Waals surface area (Å²) in [5.41, 5.74) is 5.57. The van der Waals surface area contributed by atoms with Gasteiger partial charge in [-0.05, 0) is 48.0 Å². The number of benzene rings is 2. The molecule has 2 amide bonds. The van der Waals surface area contributed by atoms with Gasteiger partial charge in [-0.25, -0.2) is 0 Å². The first-order chi connectivity index (χ1) is 11.0. The Balaban J connectivity index is 1.90. The van der Waals surface area contributed by atoms with Gasteiger partial charge < -0.3 is 0 Å². The van der Waals surface area contributed by atoms with Gasteiger partial charge in [0.15, 0.2) is 0 Å². The summed E-state index contributed by atoms with van der Waals surface area (Å²) < 4.78 is 0. The standard InChI is InChI=1S/C16H11Cl3N2O2/c17-12-5-2-11(3-6-12)16(23)21-20-15(22)8-4-10-1-7-13(18)9-14(10)19/h1-9H,(H,20,22)(H,21,23)/b8-4+. The van der Waals surface area contributed by atoms with E-state index in [9.17, 15) is 9.59 Å². The Kier molecular flexibility index (Phi) is 6.04. The topological polar surface area (TPSA) is 58.2 Å². The van der Waals surface area contributed by atoms with Crippen LogP contribution in [0.25, 0.3) is 6.08 Å². The molecule has 2 rings (SSSR count). The number of rotatable bonds is 3. The van der Waals surface area contributed by atoms with Crippen molar-refractivity contribution in [2.75, 3.05) is 0 Å². The predicted molar refractivity (Wildman–Crippen MR) is 92.6 cm³/mol. The number of nitrogens with one attached hydrogen (secondary N) is 2. The maximum absolute atomic E-state index is 11.8. The van der Waals surface area contributed by atoms with Crippen molar-refractivity contribution >= 4 is 52.7 Å². The maximum Gasteiger partial charge on any atom is 0.269 e. The van der Waals surface area contributed by atoms with E-state index in [1.165, 1.54) is 12.2 Å². The Labute approximate surface area is 148 Å². The van der Waals surface area contributed by atoms with Crippen LogP contribution in [0.4, 0.5) is 0 Å². The Morgan fingerprint density at radius 1 is 0.870 bits per heavy atom. The lowest BCUT2D eigenvalue weighted by Gasteiger charge is -2.05. The van der Waals surface area contributed by atoms with Gasteiger partial charge in [-0.1, -0.05) is 40.9 Å². The molecule has 0 aromatic heterocycles. The fraction of sp³-hybridized carbons (Fsp3) is 0. The largest absolute Gasteiger partial charge is 0.269 e. The lowest BCUT2D eigenvalue weighted by Crippen LogP contribution is -2.40. The van der Waals surface area contributed by atoms with Crippen LogP contribution in [-0.2, 0) is 4.79 Å². The van der Waals surface area contributed by atoms with E-state index in [0.29, 0.717) is 26.2 Å². The molecule has 118 valence electrons. The zero-order valence-corrected chi connectivity index (χ0v) is 13.9. The van der Waals surface area contributed by atoms with Crippen LogP contribution in [0.2, 0.25) is 15.1 Å². The molecule has 2 aromatic carbocycles. The van der Waals surface area contributed by atoms with Gasteiger partial charge in [0, 0.05) is 26.7 Å². The van der Waals surface area contributed by atoms with Crippen molar-refractivity contribution < 1.29 is 9.59 Å². The molecule has 2 aromatic rings. The Bertz CT molecular complexity index is 758. The van der Waals surface area contributed by atoms with Crippen LogP contribution in [0.1, 0.15) is 15.9 Å². The van der Waals surface area contributed by atoms with Gasteiger partial charge in [0.2, 0.25) is 0 Å². The number of amides is 2. The van der Waals surface area contributed by atoms with Crippen LogP contribution < -0.4 is 10.9 Å². The summed E-state index contributed by atoms with van der Waals surface area (Å²) in [7, 11) is 0. The lowest BCUT2D eigenvalue weighted by molar-refractivity contribution is -0.117. The third kappa shape index (κ3) is 5.28. The van der Waals surface area contributed by atoms with Gasteiger partial charge in [0.1, 0.15) is 0 Å². The normalized spacial score (nSPS) is 10.6. The first-order valence-corrected chi connectivity index (χ1v) is 7.58. The highest BCUT2D eigenvalue weighted by atomic mass is 35.5. The minimum Gasteiger partial charge on any atom is -0.268 e. The minimum atomic E-state index is -0.502. The van der Waals surface area contributed by atoms with E-state index in [1.54, 1.807) is 42.5 Å². The molecule has 0 heterocycles. The average molecular weight is 370 g/mol. The lowest BCUT2D eigenvalue weighted by atomic mass is 10.2. The summed E-state index contributed by atoms with van der Waals surface area (Å²) in [6.07, 6.45) is 2.76. The third-order valence-corrected chi connectivity index (χ3v) is 3.60. The maximum atomic E-state index is 11.8. The quantitative estimate of drug-likeness (QED) is 0.631. The monoisotopic (exact) mass is 368 g/mol. The highest BCUT2D eigenvalue weighted by Gasteiger charge is 2.05. The van der Waals surface area contributed by atoms with Gasteiger partial charge in [-0.15, -0.1) is 0 Å². The summed E-state index contributed by atoms with van der Waals surface area (Å²) in [4.78, 5) is 23.5. The molecular formula is C16H11Cl3N2O2. The van der Waals surface area contributed by atoms with Crippen molar-refractivity contribution in [3.05, 3.63) is 74.7 Å². The van der Waals surface area contributed by atoms with Gasteiger partial charge in [0.05, 0.1) is 0 Å². The van der Waals surface area contributed by atoms with Crippen LogP contribution in [0, 0.1) is 0 Å². The molecule has 0 aliphatic carbocycles. The molecule has 0 atom stereocenters. The molecule has 0 bridgehead atoms. The summed E-state index contributed by atoms with van der Waals surface area (Å²) in [5.74, 6) is -0.953. The number of halogens is 3. The molecular weight excluding hydrogens is 359 g/mol. The van der Waals surface area contributed by atoms with Crippen LogP contribution in [0.5, 0.6) is 0 Å². The van der Waals surface area contributed by atoms with E-state index >= 15 is 0 Å². The molecule has 4 nitrogen and oxygen atoms in total. The van der Waals surface area contributed by atoms with Crippen LogP contribution in [0.15, 0.2) is 48.5 Å². The number of hydrogen-bond donors (Lipinski definition) is 2. The molecule has 0 fully saturated rings. The minimum absolute atomic E-state index is 0.374. The summed E-state index contributed by atoms with van der Waals surface area (Å²) >= 11 is 17.5. The predicted octanol–water partition coefficient (Wildman–Crippen LogP) is 4.12. The first kappa shape index (κ1) is 17.3. The van der Waals surface area contributed by atoms with Crippen molar-refractivity contribution in [3.8, 4) is 0 Å². The van der Waals surface area contributed by atoms with E-state index in [4.69, 9.17) is 34.8 Å². The summed E-state index contributed by atoms with van der Waals surface area (Å²) in [6, 6.07) is 11.2. The van der Waals surface area contributed by atoms with Crippen LogP contribution >= 0.6 is 34.8 Å². The van der Waals surface area contributed by atoms with E-state index in [2.05, 4.69) is 10.9 Å². The molecule has 23 heavy (non-hydrogen) atoms. The van der Waals surface area contributed by atoms with E-state index in [0.717, 1.165) is 0 Å². The van der Waals surface area contributed by atoms with Crippen LogP contribution in [0.3, 0.4) is 0 Å². The van der Waals surface area contributed by atoms with Gasteiger partial charge in [0.25, 0.3) is 11.8 Å². The highest BCUT2D eigenvalue weighted by molar-refractivity contribution is 6.35. The number of hydrogen-bond acceptors (Lipinski definition) is 2. The van der Waals surface area contributed by atoms with Crippen molar-refractivity contribution in [2.45, 2.75) is 0 Å². The van der Waals surface area contributed by atoms with Gasteiger partial charge in [-0.2, -0.15) is 0 Å². The number of carbonyl (C=O) groups is 2. The molecule has 2 N–H and O–H groups in total. The zero-order chi connectivity index (χ0) is 16.8. The molecule has 0 aliphatic heterocycles. The van der Waals surface area contributed by atoms with Gasteiger partial charge >= 0.3 is 0 Å². The van der Waals surface area contributed by atoms with Gasteiger partial charge in [-0.3, -0.25) is 20.4 Å². The Hall–Kier alpha value is -2.01. The molecule has 0 radical (unpaired) electrons. The van der Waals surface area contributed by atoms with Crippen molar-refractivity contribution in [1.29, 1.82) is 0 Å². The third-order valence-electron chi connectivity index (χ3n) is 2.78. The van der Waals surface area contributed by atoms with E-state index in [1.807, 2.05) is 0 Å². The Morgan fingerprint density at radius 3 is 2.17 bits per heavy atom. The van der Waals surface area contributed by atoms with Crippen molar-refractivity contribution in [1.82, 2.24) is 10.9 Å².